The molecule has 4 rings (SSSR count). The van der Waals surface area contributed by atoms with E-state index in [2.05, 4.69) is 34.4 Å². The number of ether oxygens (including phenoxy) is 2. The number of esters is 1. The maximum atomic E-state index is 14.9. The Morgan fingerprint density at radius 1 is 1.28 bits per heavy atom. The van der Waals surface area contributed by atoms with E-state index in [0.717, 1.165) is 5.56 Å². The molecule has 8 atom stereocenters. The Morgan fingerprint density at radius 2 is 2.00 bits per heavy atom. The molecule has 3 heterocycles. The largest absolute Gasteiger partial charge is 0.460 e. The number of anilines is 1. The van der Waals surface area contributed by atoms with Crippen LogP contribution < -0.4 is 10.2 Å². The van der Waals surface area contributed by atoms with E-state index in [1.54, 1.807) is 31.2 Å². The van der Waals surface area contributed by atoms with Crippen molar-refractivity contribution in [3.05, 3.63) is 54.1 Å². The lowest BCUT2D eigenvalue weighted by Gasteiger charge is -2.40. The zero-order chi connectivity index (χ0) is 33.9. The zero-order valence-corrected chi connectivity index (χ0v) is 29.3. The van der Waals surface area contributed by atoms with E-state index in [1.807, 2.05) is 26.8 Å². The molecular formula is C34H45BrClN3O7. The molecule has 3 aliphatic rings. The fraction of sp³-hybridized carbons (Fsp3) is 0.588. The summed E-state index contributed by atoms with van der Waals surface area (Å²) in [5, 5.41) is 13.7. The smallest absolute Gasteiger partial charge is 0.312 e. The number of aliphatic hydroxyl groups excluding tert-OH is 1. The Labute approximate surface area is 284 Å². The van der Waals surface area contributed by atoms with Crippen LogP contribution in [0.5, 0.6) is 0 Å². The number of fused-ring (bicyclic) bond motifs is 1. The first-order valence-corrected chi connectivity index (χ1v) is 17.1. The quantitative estimate of drug-likeness (QED) is 0.157. The number of benzene rings is 1. The van der Waals surface area contributed by atoms with E-state index in [-0.39, 0.29) is 42.8 Å². The minimum Gasteiger partial charge on any atom is -0.460 e. The first-order valence-electron chi connectivity index (χ1n) is 15.8. The van der Waals surface area contributed by atoms with E-state index in [4.69, 9.17) is 21.1 Å². The molecule has 1 spiro atoms. The average molecular weight is 723 g/mol. The fourth-order valence-corrected chi connectivity index (χ4v) is 8.53. The number of rotatable bonds is 15. The third-order valence-corrected chi connectivity index (χ3v) is 10.2. The number of para-hydroxylation sites is 1. The van der Waals surface area contributed by atoms with Gasteiger partial charge in [0.15, 0.2) is 0 Å². The normalized spacial score (nSPS) is 27.7. The van der Waals surface area contributed by atoms with Crippen molar-refractivity contribution in [2.75, 3.05) is 24.6 Å². The van der Waals surface area contributed by atoms with Crippen molar-refractivity contribution in [2.24, 2.45) is 17.8 Å². The fourth-order valence-electron chi connectivity index (χ4n) is 7.26. The number of allylic oxidation sites excluding steroid dienone is 1. The topological polar surface area (TPSA) is 125 Å². The van der Waals surface area contributed by atoms with Gasteiger partial charge >= 0.3 is 5.97 Å². The lowest BCUT2D eigenvalue weighted by molar-refractivity contribution is -0.159. The van der Waals surface area contributed by atoms with E-state index >= 15 is 0 Å². The van der Waals surface area contributed by atoms with Crippen molar-refractivity contribution < 1.29 is 33.8 Å². The number of carbonyl (C=O) groups excluding carboxylic acids is 4. The molecule has 252 valence electrons. The summed E-state index contributed by atoms with van der Waals surface area (Å²) in [7, 11) is 0. The van der Waals surface area contributed by atoms with Gasteiger partial charge in [-0.05, 0) is 50.7 Å². The van der Waals surface area contributed by atoms with Crippen molar-refractivity contribution in [1.82, 2.24) is 10.2 Å². The SMILES string of the molecule is C=CCCC(=O)NC[C@H](C)OC(=O)[C@H]1[C@@H]2O[C@@]3(CC2Br)[C@@H]1C(=O)N([C@@H](CO)CC(C)C)[C@@H]3C(=O)N(CC=C)c1c(C)cccc1Cl. The summed E-state index contributed by atoms with van der Waals surface area (Å²) in [6.45, 7) is 14.8. The van der Waals surface area contributed by atoms with Crippen molar-refractivity contribution >= 4 is 56.9 Å². The number of nitrogens with one attached hydrogen (secondary N) is 1. The van der Waals surface area contributed by atoms with Crippen LogP contribution in [0, 0.1) is 24.7 Å². The maximum absolute atomic E-state index is 14.9. The lowest BCUT2D eigenvalue weighted by atomic mass is 9.70. The highest BCUT2D eigenvalue weighted by Crippen LogP contribution is 2.61. The molecule has 2 N–H and O–H groups in total. The standard InChI is InChI=1S/C34H45BrClN3O7/c1-7-9-13-25(41)37-17-21(6)45-33(44)26-27-31(42)39(22(18-40)15-19(3)4)30(34(27)16-23(35)29(26)46-34)32(43)38(14-8-2)28-20(5)11-10-12-24(28)36/h7-8,10-12,19,21-23,26-27,29-30,40H,1-2,9,13-18H2,3-6H3,(H,37,41)/t21-,22+,23?,26+,27-,29+,30+,34-/m0/s1. The number of nitrogens with zero attached hydrogens (tertiary/aromatic N) is 2. The van der Waals surface area contributed by atoms with Crippen LogP contribution in [0.1, 0.15) is 52.0 Å². The number of alkyl halides is 1. The number of likely N-dealkylation sites (tertiary alicyclic amines) is 1. The number of hydrogen-bond donors (Lipinski definition) is 2. The summed E-state index contributed by atoms with van der Waals surface area (Å²) in [6, 6.07) is 3.49. The van der Waals surface area contributed by atoms with Gasteiger partial charge < -0.3 is 29.7 Å². The molecule has 3 aliphatic heterocycles. The number of carbonyl (C=O) groups is 4. The molecule has 12 heteroatoms. The van der Waals surface area contributed by atoms with Crippen LogP contribution in [-0.2, 0) is 28.7 Å². The Hall–Kier alpha value is -2.73. The van der Waals surface area contributed by atoms with E-state index < -0.39 is 59.5 Å². The molecular weight excluding hydrogens is 678 g/mol. The number of aliphatic hydroxyl groups is 1. The van der Waals surface area contributed by atoms with Crippen LogP contribution in [0.25, 0.3) is 0 Å². The van der Waals surface area contributed by atoms with Crippen LogP contribution in [0.2, 0.25) is 5.02 Å². The predicted octanol–water partition coefficient (Wildman–Crippen LogP) is 4.34. The third kappa shape index (κ3) is 6.79. The van der Waals surface area contributed by atoms with Gasteiger partial charge in [-0.25, -0.2) is 0 Å². The monoisotopic (exact) mass is 721 g/mol. The van der Waals surface area contributed by atoms with Gasteiger partial charge in [-0.2, -0.15) is 0 Å². The molecule has 0 aliphatic carbocycles. The number of amides is 3. The lowest BCUT2D eigenvalue weighted by Crippen LogP contribution is -2.59. The van der Waals surface area contributed by atoms with Gasteiger partial charge in [0, 0.05) is 17.8 Å². The van der Waals surface area contributed by atoms with E-state index in [0.29, 0.717) is 30.0 Å². The maximum Gasteiger partial charge on any atom is 0.312 e. The van der Waals surface area contributed by atoms with Gasteiger partial charge in [0.25, 0.3) is 5.91 Å². The summed E-state index contributed by atoms with van der Waals surface area (Å²) in [6.07, 6.45) is 3.38. The first-order chi connectivity index (χ1) is 21.8. The summed E-state index contributed by atoms with van der Waals surface area (Å²) >= 11 is 10.3. The van der Waals surface area contributed by atoms with Gasteiger partial charge in [0.1, 0.15) is 17.7 Å². The molecule has 10 nitrogen and oxygen atoms in total. The molecule has 46 heavy (non-hydrogen) atoms. The Bertz CT molecular complexity index is 1340. The van der Waals surface area contributed by atoms with Gasteiger partial charge in [-0.1, -0.05) is 65.7 Å². The predicted molar refractivity (Wildman–Crippen MR) is 180 cm³/mol. The third-order valence-electron chi connectivity index (χ3n) is 9.10. The van der Waals surface area contributed by atoms with Gasteiger partial charge in [-0.15, -0.1) is 13.2 Å². The van der Waals surface area contributed by atoms with Crippen LogP contribution in [0.4, 0.5) is 5.69 Å². The minimum absolute atomic E-state index is 0.0956. The number of hydrogen-bond acceptors (Lipinski definition) is 7. The molecule has 3 saturated heterocycles. The van der Waals surface area contributed by atoms with Crippen molar-refractivity contribution in [2.45, 2.75) is 88.1 Å². The number of halogens is 2. The Morgan fingerprint density at radius 3 is 2.61 bits per heavy atom. The molecule has 0 saturated carbocycles. The highest BCUT2D eigenvalue weighted by molar-refractivity contribution is 9.09. The second kappa shape index (κ2) is 15.0. The van der Waals surface area contributed by atoms with Crippen LogP contribution in [-0.4, -0.2) is 88.1 Å². The molecule has 0 aromatic heterocycles. The van der Waals surface area contributed by atoms with Gasteiger partial charge in [0.05, 0.1) is 47.8 Å². The van der Waals surface area contributed by atoms with Crippen molar-refractivity contribution in [3.8, 4) is 0 Å². The van der Waals surface area contributed by atoms with Crippen molar-refractivity contribution in [3.63, 3.8) is 0 Å². The molecule has 3 amide bonds. The van der Waals surface area contributed by atoms with Crippen LogP contribution in [0.3, 0.4) is 0 Å². The summed E-state index contributed by atoms with van der Waals surface area (Å²) in [5.41, 5.74) is -0.109. The molecule has 1 aromatic rings. The first kappa shape index (κ1) is 36.1. The highest BCUT2D eigenvalue weighted by Gasteiger charge is 2.77. The Balaban J connectivity index is 1.73. The average Bonchev–Trinajstić information content (AvgIpc) is 3.60. The molecule has 1 aromatic carbocycles. The van der Waals surface area contributed by atoms with E-state index in [1.165, 1.54) is 9.80 Å². The number of aryl methyl sites for hydroxylation is 1. The Kier molecular flexibility index (Phi) is 11.8. The van der Waals surface area contributed by atoms with Crippen LogP contribution in [0.15, 0.2) is 43.5 Å². The van der Waals surface area contributed by atoms with E-state index in [9.17, 15) is 24.3 Å². The van der Waals surface area contributed by atoms with Crippen molar-refractivity contribution in [1.29, 1.82) is 0 Å². The molecule has 2 bridgehead atoms. The summed E-state index contributed by atoms with van der Waals surface area (Å²) < 4.78 is 12.4. The van der Waals surface area contributed by atoms with Gasteiger partial charge in [-0.3, -0.25) is 19.2 Å². The minimum atomic E-state index is -1.36. The second-order valence-electron chi connectivity index (χ2n) is 12.9. The zero-order valence-electron chi connectivity index (χ0n) is 26.9. The summed E-state index contributed by atoms with van der Waals surface area (Å²) in [5.74, 6) is -3.60. The van der Waals surface area contributed by atoms with Gasteiger partial charge in [0.2, 0.25) is 11.8 Å². The van der Waals surface area contributed by atoms with Crippen LogP contribution >= 0.6 is 27.5 Å². The second-order valence-corrected chi connectivity index (χ2v) is 14.5. The highest BCUT2D eigenvalue weighted by atomic mass is 79.9. The molecule has 3 fully saturated rings. The molecule has 1 unspecified atom stereocenters. The summed E-state index contributed by atoms with van der Waals surface area (Å²) in [4.78, 5) is 58.0. The molecule has 0 radical (unpaired) electrons.